The van der Waals surface area contributed by atoms with Crippen LogP contribution in [0.15, 0.2) is 158 Å². The highest BCUT2D eigenvalue weighted by Crippen LogP contribution is 2.52. The molecular formula is C94H105B3N4O2. The van der Waals surface area contributed by atoms with Gasteiger partial charge in [0, 0.05) is 62.9 Å². The van der Waals surface area contributed by atoms with Gasteiger partial charge in [-0.15, -0.1) is 0 Å². The first-order chi connectivity index (χ1) is 48.4. The Morgan fingerprint density at radius 1 is 0.301 bits per heavy atom. The quantitative estimate of drug-likeness (QED) is 0.145. The van der Waals surface area contributed by atoms with Crippen LogP contribution >= 0.6 is 0 Å². The maximum atomic E-state index is 7.84. The van der Waals surface area contributed by atoms with Gasteiger partial charge < -0.3 is 29.5 Å². The van der Waals surface area contributed by atoms with E-state index >= 15 is 0 Å². The smallest absolute Gasteiger partial charge is 0.256 e. The number of anilines is 11. The van der Waals surface area contributed by atoms with Crippen LogP contribution in [0.1, 0.15) is 220 Å². The lowest BCUT2D eigenvalue weighted by Crippen LogP contribution is -2.65. The number of fused-ring (bicyclic) bond motifs is 12. The summed E-state index contributed by atoms with van der Waals surface area (Å²) in [5.41, 5.74) is 36.2. The summed E-state index contributed by atoms with van der Waals surface area (Å²) in [6.07, 6.45) is 2.93. The Kier molecular flexibility index (Phi) is 15.4. The lowest BCUT2D eigenvalue weighted by molar-refractivity contribution is 0.474. The van der Waals surface area contributed by atoms with Crippen LogP contribution in [0.2, 0.25) is 0 Å². The van der Waals surface area contributed by atoms with Crippen molar-refractivity contribution in [2.45, 2.75) is 223 Å². The first kappa shape index (κ1) is 68.6. The zero-order valence-corrected chi connectivity index (χ0v) is 66.0. The minimum atomic E-state index is -0.247. The molecule has 0 aromatic heterocycles. The van der Waals surface area contributed by atoms with Crippen molar-refractivity contribution in [2.24, 2.45) is 0 Å². The minimum absolute atomic E-state index is 0.00706. The average molecular weight is 1360 g/mol. The molecule has 0 bridgehead atoms. The van der Waals surface area contributed by atoms with Crippen molar-refractivity contribution >= 4 is 132 Å². The van der Waals surface area contributed by atoms with E-state index < -0.39 is 0 Å². The molecule has 0 aliphatic carbocycles. The third kappa shape index (κ3) is 10.8. The maximum Gasteiger partial charge on any atom is 0.256 e. The topological polar surface area (TPSA) is 40.2 Å². The number of benzene rings is 10. The molecular weight excluding hydrogens is 1250 g/mol. The normalized spacial score (nSPS) is 14.8. The third-order valence-electron chi connectivity index (χ3n) is 25.3. The number of ether oxygens (including phenoxy) is 2. The highest BCUT2D eigenvalue weighted by atomic mass is 16.5. The van der Waals surface area contributed by atoms with Crippen LogP contribution in [0.4, 0.5) is 62.6 Å². The van der Waals surface area contributed by atoms with Crippen molar-refractivity contribution in [2.75, 3.05) is 20.0 Å². The molecule has 0 unspecified atom stereocenters. The molecule has 10 aromatic carbocycles. The third-order valence-corrected chi connectivity index (χ3v) is 25.3. The van der Waals surface area contributed by atoms with Gasteiger partial charge in [0.25, 0.3) is 20.1 Å². The molecule has 1 N–H and O–H groups in total. The van der Waals surface area contributed by atoms with Gasteiger partial charge in [-0.05, 0) is 256 Å². The van der Waals surface area contributed by atoms with Crippen LogP contribution in [0.3, 0.4) is 0 Å². The molecule has 10 aromatic rings. The standard InChI is InChI=1S/C94H105B3N4O2/c1-25-92(19,20)61-44-73-84-77(45-61)99(64-34-28-57(29-35-64)88(7,8)9)74-38-32-59(90(13,14)15)42-67(74)95(84)66-50-71-81(52-72(66)98-73)103-83-49-62(93(21,22)26-2)46-78-85(83)97(71)68-51-69-76(53-75(68)100(78)65-36-30-58(31-37-65)89(10,11)12)101(87-55(5)40-54(4)41-56(87)6)79-47-63(94(23,24)27-3)48-82-86(79)96(69)70-43-60(91(16,17)18)33-39-80(70)102-82/h28-53,98H,25-27H2,1-24H3. The molecule has 0 fully saturated rings. The molecule has 0 amide bonds. The van der Waals surface area contributed by atoms with E-state index in [4.69, 9.17) is 9.47 Å². The van der Waals surface area contributed by atoms with E-state index in [1.807, 2.05) is 0 Å². The molecule has 522 valence electrons. The van der Waals surface area contributed by atoms with Crippen LogP contribution < -0.4 is 78.7 Å². The summed E-state index contributed by atoms with van der Waals surface area (Å²) >= 11 is 0. The lowest BCUT2D eigenvalue weighted by Gasteiger charge is -2.46. The summed E-state index contributed by atoms with van der Waals surface area (Å²) < 4.78 is 15.3. The predicted octanol–water partition coefficient (Wildman–Crippen LogP) is 20.0. The Bertz CT molecular complexity index is 5200. The van der Waals surface area contributed by atoms with Crippen molar-refractivity contribution < 1.29 is 9.47 Å². The van der Waals surface area contributed by atoms with Crippen molar-refractivity contribution in [1.29, 1.82) is 0 Å². The lowest BCUT2D eigenvalue weighted by atomic mass is 9.29. The fourth-order valence-electron chi connectivity index (χ4n) is 17.6. The molecule has 6 nitrogen and oxygen atoms in total. The molecule has 0 saturated heterocycles. The number of rotatable bonds is 9. The first-order valence-corrected chi connectivity index (χ1v) is 38.4. The Morgan fingerprint density at radius 3 is 1.18 bits per heavy atom. The Labute approximate surface area is 617 Å². The Morgan fingerprint density at radius 2 is 0.689 bits per heavy atom. The molecule has 6 aliphatic heterocycles. The molecule has 6 aliphatic rings. The van der Waals surface area contributed by atoms with E-state index in [1.54, 1.807) is 0 Å². The van der Waals surface area contributed by atoms with Gasteiger partial charge in [-0.25, -0.2) is 0 Å². The predicted molar refractivity (Wildman–Crippen MR) is 446 cm³/mol. The number of nitrogens with zero attached hydrogens (tertiary/aromatic N) is 3. The highest BCUT2D eigenvalue weighted by Gasteiger charge is 2.51. The molecule has 0 saturated carbocycles. The summed E-state index contributed by atoms with van der Waals surface area (Å²) in [5.74, 6) is 3.66. The summed E-state index contributed by atoms with van der Waals surface area (Å²) in [6.45, 7) is 55.8. The second-order valence-electron chi connectivity index (χ2n) is 37.4. The summed E-state index contributed by atoms with van der Waals surface area (Å²) in [5, 5.41) is 4.25. The van der Waals surface area contributed by atoms with E-state index in [0.29, 0.717) is 0 Å². The Balaban J connectivity index is 1.03. The minimum Gasteiger partial charge on any atom is -0.458 e. The van der Waals surface area contributed by atoms with E-state index in [2.05, 4.69) is 344 Å². The van der Waals surface area contributed by atoms with Crippen LogP contribution in [0, 0.1) is 20.8 Å². The molecule has 16 rings (SSSR count). The van der Waals surface area contributed by atoms with Gasteiger partial charge >= 0.3 is 0 Å². The fraction of sp³-hybridized carbons (Fsp3) is 0.362. The second kappa shape index (κ2) is 23.1. The zero-order chi connectivity index (χ0) is 73.2. The molecule has 0 spiro atoms. The largest absolute Gasteiger partial charge is 0.458 e. The van der Waals surface area contributed by atoms with Gasteiger partial charge in [0.2, 0.25) is 0 Å². The van der Waals surface area contributed by atoms with E-state index in [1.165, 1.54) is 139 Å². The molecule has 103 heavy (non-hydrogen) atoms. The summed E-state index contributed by atoms with van der Waals surface area (Å²) in [7, 11) is 0. The molecule has 0 atom stereocenters. The van der Waals surface area contributed by atoms with Gasteiger partial charge in [-0.1, -0.05) is 224 Å². The number of aryl methyl sites for hydroxylation is 3. The summed E-state index contributed by atoms with van der Waals surface area (Å²) in [4.78, 5) is 7.89. The number of nitrogens with one attached hydrogen (secondary N) is 1. The molecule has 9 heteroatoms. The van der Waals surface area contributed by atoms with Gasteiger partial charge in [0.15, 0.2) is 0 Å². The maximum absolute atomic E-state index is 7.84. The van der Waals surface area contributed by atoms with Gasteiger partial charge in [0.1, 0.15) is 23.0 Å². The highest BCUT2D eigenvalue weighted by molar-refractivity contribution is 7.04. The van der Waals surface area contributed by atoms with Gasteiger partial charge in [-0.2, -0.15) is 0 Å². The van der Waals surface area contributed by atoms with Gasteiger partial charge in [-0.3, -0.25) is 0 Å². The van der Waals surface area contributed by atoms with E-state index in [9.17, 15) is 0 Å². The SMILES string of the molecule is CCC(C)(C)c1cc2c3c(c1)N(c1ccc(C(C)(C)C)cc1)c1ccc(C(C)(C)C)cc1B3c1cc3c(cc1N2)Oc1cc(C(C)(C)CC)cc2c1B3c1cc3c(cc1N2c1ccc(C(C)(C)C)cc1)N(c1c(C)cc(C)cc1C)c1cc(C(C)(C)CC)cc2c1B3c1cc(C(C)(C)C)ccc1O2. The van der Waals surface area contributed by atoms with Crippen LogP contribution in [0.5, 0.6) is 23.0 Å². The Hall–Kier alpha value is -8.81. The average Bonchev–Trinajstić information content (AvgIpc) is 0.688. The van der Waals surface area contributed by atoms with Crippen molar-refractivity contribution in [3.63, 3.8) is 0 Å². The molecule has 6 heterocycles. The number of hydrogen-bond donors (Lipinski definition) is 1. The van der Waals surface area contributed by atoms with E-state index in [-0.39, 0.29) is 58.0 Å². The van der Waals surface area contributed by atoms with Crippen LogP contribution in [-0.2, 0) is 37.9 Å². The van der Waals surface area contributed by atoms with E-state index in [0.717, 1.165) is 70.7 Å². The first-order valence-electron chi connectivity index (χ1n) is 38.4. The van der Waals surface area contributed by atoms with Crippen molar-refractivity contribution in [1.82, 2.24) is 0 Å². The van der Waals surface area contributed by atoms with Crippen LogP contribution in [0.25, 0.3) is 0 Å². The van der Waals surface area contributed by atoms with Gasteiger partial charge in [0.05, 0.1) is 5.69 Å². The zero-order valence-electron chi connectivity index (χ0n) is 66.0. The number of hydrogen-bond acceptors (Lipinski definition) is 6. The second-order valence-corrected chi connectivity index (χ2v) is 37.4. The summed E-state index contributed by atoms with van der Waals surface area (Å²) in [6, 6.07) is 63.4. The monoisotopic (exact) mass is 1350 g/mol. The fourth-order valence-corrected chi connectivity index (χ4v) is 17.6. The van der Waals surface area contributed by atoms with Crippen molar-refractivity contribution in [3.05, 3.63) is 213 Å². The van der Waals surface area contributed by atoms with Crippen LogP contribution in [-0.4, -0.2) is 20.1 Å². The van der Waals surface area contributed by atoms with Crippen molar-refractivity contribution in [3.8, 4) is 23.0 Å². The molecule has 0 radical (unpaired) electrons.